The Morgan fingerprint density at radius 1 is 1.35 bits per heavy atom. The van der Waals surface area contributed by atoms with E-state index >= 15 is 0 Å². The third-order valence-corrected chi connectivity index (χ3v) is 3.67. The van der Waals surface area contributed by atoms with Gasteiger partial charge in [-0.2, -0.15) is 5.10 Å². The van der Waals surface area contributed by atoms with E-state index in [1.165, 1.54) is 0 Å². The van der Waals surface area contributed by atoms with E-state index < -0.39 is 0 Å². The smallest absolute Gasteiger partial charge is 0.0644 e. The molecule has 0 saturated carbocycles. The molecule has 1 aromatic carbocycles. The number of hydrogen-bond donors (Lipinski definition) is 2. The lowest BCUT2D eigenvalue weighted by atomic mass is 10.0. The van der Waals surface area contributed by atoms with Crippen molar-refractivity contribution in [3.63, 3.8) is 0 Å². The molecular weight excluding hydrogens is 272 g/mol. The number of nitrogens with zero attached hydrogens (tertiary/aromatic N) is 2. The zero-order valence-electron chi connectivity index (χ0n) is 12.1. The lowest BCUT2D eigenvalue weighted by molar-refractivity contribution is 0.507. The van der Waals surface area contributed by atoms with Gasteiger partial charge in [0, 0.05) is 23.7 Å². The van der Waals surface area contributed by atoms with Gasteiger partial charge in [-0.05, 0) is 44.0 Å². The minimum atomic E-state index is -0.0430. The van der Waals surface area contributed by atoms with Crippen molar-refractivity contribution in [2.75, 3.05) is 0 Å². The van der Waals surface area contributed by atoms with Crippen LogP contribution in [0.5, 0.6) is 0 Å². The predicted molar refractivity (Wildman–Crippen MR) is 82.6 cm³/mol. The second-order valence-electron chi connectivity index (χ2n) is 5.33. The third-order valence-electron chi connectivity index (χ3n) is 3.34. The van der Waals surface area contributed by atoms with Crippen LogP contribution in [-0.4, -0.2) is 9.78 Å². The molecule has 0 fully saturated rings. The molecular formula is C15H21ClN4. The summed E-state index contributed by atoms with van der Waals surface area (Å²) < 4.78 is 1.94. The van der Waals surface area contributed by atoms with Crippen LogP contribution in [0, 0.1) is 6.92 Å². The number of hydrazine groups is 1. The van der Waals surface area contributed by atoms with Gasteiger partial charge in [-0.15, -0.1) is 0 Å². The molecule has 108 valence electrons. The van der Waals surface area contributed by atoms with E-state index in [2.05, 4.69) is 24.4 Å². The van der Waals surface area contributed by atoms with E-state index in [9.17, 15) is 0 Å². The van der Waals surface area contributed by atoms with Crippen LogP contribution < -0.4 is 11.3 Å². The van der Waals surface area contributed by atoms with Crippen molar-refractivity contribution in [3.8, 4) is 0 Å². The molecule has 4 nitrogen and oxygen atoms in total. The Bertz CT molecular complexity index is 577. The van der Waals surface area contributed by atoms with Gasteiger partial charge in [0.2, 0.25) is 0 Å². The summed E-state index contributed by atoms with van der Waals surface area (Å²) in [7, 11) is 0. The molecule has 1 heterocycles. The largest absolute Gasteiger partial charge is 0.271 e. The number of halogens is 1. The molecule has 0 spiro atoms. The molecule has 0 amide bonds. The highest BCUT2D eigenvalue weighted by Gasteiger charge is 2.15. The van der Waals surface area contributed by atoms with Gasteiger partial charge in [-0.1, -0.05) is 23.7 Å². The van der Waals surface area contributed by atoms with Crippen molar-refractivity contribution in [3.05, 3.63) is 52.3 Å². The Labute approximate surface area is 124 Å². The van der Waals surface area contributed by atoms with E-state index in [4.69, 9.17) is 17.4 Å². The maximum atomic E-state index is 6.30. The van der Waals surface area contributed by atoms with Gasteiger partial charge in [0.15, 0.2) is 0 Å². The molecule has 1 atom stereocenters. The molecule has 3 N–H and O–H groups in total. The van der Waals surface area contributed by atoms with Crippen LogP contribution in [0.1, 0.15) is 42.8 Å². The SMILES string of the molecule is Cc1ccc(C(Cc2ccn(C(C)C)n2)NN)c(Cl)c1. The van der Waals surface area contributed by atoms with E-state index in [1.807, 2.05) is 42.1 Å². The summed E-state index contributed by atoms with van der Waals surface area (Å²) in [6, 6.07) is 8.34. The number of rotatable bonds is 5. The Balaban J connectivity index is 2.19. The van der Waals surface area contributed by atoms with Crippen LogP contribution in [0.15, 0.2) is 30.5 Å². The monoisotopic (exact) mass is 292 g/mol. The molecule has 0 saturated heterocycles. The molecule has 2 rings (SSSR count). The summed E-state index contributed by atoms with van der Waals surface area (Å²) in [4.78, 5) is 0. The fourth-order valence-corrected chi connectivity index (χ4v) is 2.52. The molecule has 0 aliphatic heterocycles. The second kappa shape index (κ2) is 6.39. The quantitative estimate of drug-likeness (QED) is 0.657. The van der Waals surface area contributed by atoms with Crippen LogP contribution in [0.2, 0.25) is 5.02 Å². The Morgan fingerprint density at radius 2 is 2.10 bits per heavy atom. The maximum absolute atomic E-state index is 6.30. The summed E-state index contributed by atoms with van der Waals surface area (Å²) in [6.07, 6.45) is 2.70. The molecule has 0 bridgehead atoms. The van der Waals surface area contributed by atoms with Crippen molar-refractivity contribution >= 4 is 11.6 Å². The van der Waals surface area contributed by atoms with E-state index in [1.54, 1.807) is 0 Å². The first kappa shape index (κ1) is 15.0. The van der Waals surface area contributed by atoms with Gasteiger partial charge in [-0.3, -0.25) is 16.0 Å². The number of nitrogens with two attached hydrogens (primary N) is 1. The van der Waals surface area contributed by atoms with Crippen LogP contribution in [-0.2, 0) is 6.42 Å². The summed E-state index contributed by atoms with van der Waals surface area (Å²) in [5.74, 6) is 5.68. The van der Waals surface area contributed by atoms with Crippen molar-refractivity contribution in [2.24, 2.45) is 5.84 Å². The summed E-state index contributed by atoms with van der Waals surface area (Å²) in [5.41, 5.74) is 5.97. The lowest BCUT2D eigenvalue weighted by Gasteiger charge is -2.17. The van der Waals surface area contributed by atoms with Gasteiger partial charge in [0.25, 0.3) is 0 Å². The maximum Gasteiger partial charge on any atom is 0.0644 e. The van der Waals surface area contributed by atoms with Crippen LogP contribution in [0.25, 0.3) is 0 Å². The first-order valence-corrected chi connectivity index (χ1v) is 7.15. The molecule has 1 unspecified atom stereocenters. The highest BCUT2D eigenvalue weighted by molar-refractivity contribution is 6.31. The summed E-state index contributed by atoms with van der Waals surface area (Å²) in [5, 5.41) is 5.28. The minimum Gasteiger partial charge on any atom is -0.271 e. The number of benzene rings is 1. The lowest BCUT2D eigenvalue weighted by Crippen LogP contribution is -2.30. The normalized spacial score (nSPS) is 12.9. The van der Waals surface area contributed by atoms with Crippen molar-refractivity contribution in [2.45, 2.75) is 39.3 Å². The molecule has 0 radical (unpaired) electrons. The van der Waals surface area contributed by atoms with Gasteiger partial charge in [0.1, 0.15) is 0 Å². The average Bonchev–Trinajstić information content (AvgIpc) is 2.85. The standard InChI is InChI=1S/C15H21ClN4/c1-10(2)20-7-6-12(19-20)9-15(18-17)13-5-4-11(3)8-14(13)16/h4-8,10,15,18H,9,17H2,1-3H3. The summed E-state index contributed by atoms with van der Waals surface area (Å²) in [6.45, 7) is 6.23. The van der Waals surface area contributed by atoms with Crippen molar-refractivity contribution in [1.82, 2.24) is 15.2 Å². The Kier molecular flexibility index (Phi) is 4.81. The second-order valence-corrected chi connectivity index (χ2v) is 5.74. The van der Waals surface area contributed by atoms with E-state index in [0.717, 1.165) is 21.8 Å². The topological polar surface area (TPSA) is 55.9 Å². The zero-order valence-corrected chi connectivity index (χ0v) is 12.9. The Morgan fingerprint density at radius 3 is 2.65 bits per heavy atom. The number of nitrogens with one attached hydrogen (secondary N) is 1. The van der Waals surface area contributed by atoms with Crippen LogP contribution >= 0.6 is 11.6 Å². The Hall–Kier alpha value is -1.36. The van der Waals surface area contributed by atoms with Gasteiger partial charge >= 0.3 is 0 Å². The molecule has 20 heavy (non-hydrogen) atoms. The van der Waals surface area contributed by atoms with Crippen molar-refractivity contribution in [1.29, 1.82) is 0 Å². The van der Waals surface area contributed by atoms with E-state index in [0.29, 0.717) is 12.5 Å². The van der Waals surface area contributed by atoms with Crippen LogP contribution in [0.3, 0.4) is 0 Å². The van der Waals surface area contributed by atoms with E-state index in [-0.39, 0.29) is 6.04 Å². The van der Waals surface area contributed by atoms with Gasteiger partial charge < -0.3 is 0 Å². The fourth-order valence-electron chi connectivity index (χ4n) is 2.16. The number of hydrogen-bond acceptors (Lipinski definition) is 3. The highest BCUT2D eigenvalue weighted by Crippen LogP contribution is 2.26. The van der Waals surface area contributed by atoms with Crippen molar-refractivity contribution < 1.29 is 0 Å². The third kappa shape index (κ3) is 3.39. The average molecular weight is 293 g/mol. The number of aromatic nitrogens is 2. The molecule has 0 aliphatic rings. The predicted octanol–water partition coefficient (Wildman–Crippen LogP) is 3.17. The molecule has 1 aromatic heterocycles. The van der Waals surface area contributed by atoms with Crippen LogP contribution in [0.4, 0.5) is 0 Å². The van der Waals surface area contributed by atoms with Gasteiger partial charge in [-0.25, -0.2) is 0 Å². The first-order valence-electron chi connectivity index (χ1n) is 6.77. The minimum absolute atomic E-state index is 0.0430. The molecule has 2 aromatic rings. The summed E-state index contributed by atoms with van der Waals surface area (Å²) >= 11 is 6.30. The number of aryl methyl sites for hydroxylation is 1. The molecule has 5 heteroatoms. The highest BCUT2D eigenvalue weighted by atomic mass is 35.5. The zero-order chi connectivity index (χ0) is 14.7. The fraction of sp³-hybridized carbons (Fsp3) is 0.400. The molecule has 0 aliphatic carbocycles. The first-order chi connectivity index (χ1) is 9.51. The van der Waals surface area contributed by atoms with Gasteiger partial charge in [0.05, 0.1) is 11.7 Å².